The highest BCUT2D eigenvalue weighted by atomic mass is 32.2. The van der Waals surface area contributed by atoms with Crippen LogP contribution in [0.25, 0.3) is 5.65 Å². The molecule has 2 aliphatic rings. The first-order valence-corrected chi connectivity index (χ1v) is 14.0. The number of nitrogens with two attached hydrogens (primary N) is 1. The Hall–Kier alpha value is -3.56. The van der Waals surface area contributed by atoms with Crippen LogP contribution in [-0.2, 0) is 25.8 Å². The minimum Gasteiger partial charge on any atom is -0.477 e. The highest BCUT2D eigenvalue weighted by molar-refractivity contribution is 8.00. The maximum Gasteiger partial charge on any atom is 0.352 e. The number of fused-ring (bicyclic) bond motifs is 2. The van der Waals surface area contributed by atoms with Gasteiger partial charge in [-0.15, -0.1) is 23.5 Å². The number of carbonyl (C=O) groups is 3. The van der Waals surface area contributed by atoms with E-state index in [1.165, 1.54) is 46.9 Å². The normalized spacial score (nSPS) is 19.6. The molecule has 2 amide bonds. The lowest BCUT2D eigenvalue weighted by Gasteiger charge is -2.49. The highest BCUT2D eigenvalue weighted by Crippen LogP contribution is 2.40. The average molecular weight is 561 g/mol. The van der Waals surface area contributed by atoms with Gasteiger partial charge < -0.3 is 21.0 Å². The van der Waals surface area contributed by atoms with Crippen LogP contribution in [0.3, 0.4) is 0 Å². The third-order valence-electron chi connectivity index (χ3n) is 5.89. The molecule has 2 atom stereocenters. The molecule has 1 fully saturated rings. The Morgan fingerprint density at radius 3 is 2.95 bits per heavy atom. The fraction of sp³-hybridized carbons (Fsp3) is 0.273. The second kappa shape index (κ2) is 10.1. The quantitative estimate of drug-likeness (QED) is 0.119. The summed E-state index contributed by atoms with van der Waals surface area (Å²) in [6.45, 7) is 0.316. The lowest BCUT2D eigenvalue weighted by atomic mass is 10.0. The number of rotatable bonds is 8. The number of hydrogen-bond donors (Lipinski definition) is 3. The summed E-state index contributed by atoms with van der Waals surface area (Å²) in [5, 5.41) is 16.2. The molecule has 0 aliphatic carbocycles. The molecule has 5 rings (SSSR count). The number of nitrogen functional groups attached to an aromatic ring is 1. The van der Waals surface area contributed by atoms with Crippen molar-refractivity contribution in [3.05, 3.63) is 53.8 Å². The molecule has 0 spiro atoms. The number of imidazole rings is 1. The van der Waals surface area contributed by atoms with E-state index in [9.17, 15) is 19.5 Å². The molecule has 3 aromatic heterocycles. The molecule has 15 heteroatoms. The van der Waals surface area contributed by atoms with Crippen LogP contribution >= 0.6 is 34.9 Å². The molecule has 0 aromatic carbocycles. The van der Waals surface area contributed by atoms with E-state index < -0.39 is 29.2 Å². The van der Waals surface area contributed by atoms with E-state index in [0.717, 1.165) is 5.65 Å². The van der Waals surface area contributed by atoms with Crippen molar-refractivity contribution in [2.75, 3.05) is 24.9 Å². The van der Waals surface area contributed by atoms with Crippen LogP contribution in [0.2, 0.25) is 0 Å². The number of aromatic nitrogens is 3. The van der Waals surface area contributed by atoms with Gasteiger partial charge in [-0.3, -0.25) is 14.5 Å². The molecule has 3 aromatic rings. The summed E-state index contributed by atoms with van der Waals surface area (Å²) in [7, 11) is 1.30. The van der Waals surface area contributed by atoms with E-state index in [1.807, 2.05) is 52.0 Å². The molecule has 0 unspecified atom stereocenters. The Labute approximate surface area is 223 Å². The lowest BCUT2D eigenvalue weighted by molar-refractivity contribution is -0.662. The van der Waals surface area contributed by atoms with Crippen molar-refractivity contribution in [2.45, 2.75) is 22.2 Å². The topological polar surface area (TPSA) is 156 Å². The summed E-state index contributed by atoms with van der Waals surface area (Å²) in [6, 6.07) is 4.81. The third-order valence-corrected chi connectivity index (χ3v) is 9.22. The number of thioether (sulfide) groups is 2. The van der Waals surface area contributed by atoms with Gasteiger partial charge in [0, 0.05) is 17.4 Å². The molecule has 37 heavy (non-hydrogen) atoms. The third kappa shape index (κ3) is 4.42. The van der Waals surface area contributed by atoms with Crippen LogP contribution in [0.1, 0.15) is 5.69 Å². The highest BCUT2D eigenvalue weighted by Gasteiger charge is 2.54. The Morgan fingerprint density at radius 1 is 1.41 bits per heavy atom. The van der Waals surface area contributed by atoms with Crippen molar-refractivity contribution in [2.24, 2.45) is 5.16 Å². The Morgan fingerprint density at radius 2 is 2.22 bits per heavy atom. The van der Waals surface area contributed by atoms with Crippen LogP contribution < -0.4 is 15.6 Å². The van der Waals surface area contributed by atoms with E-state index in [0.29, 0.717) is 22.1 Å². The number of carboxylic acid groups (broad SMARTS) is 1. The van der Waals surface area contributed by atoms with Crippen molar-refractivity contribution >= 4 is 69.1 Å². The van der Waals surface area contributed by atoms with Gasteiger partial charge in [0.15, 0.2) is 10.8 Å². The minimum atomic E-state index is -1.19. The number of carbonyl (C=O) groups excluding carboxylic acids is 2. The monoisotopic (exact) mass is 560 g/mol. The van der Waals surface area contributed by atoms with E-state index in [-0.39, 0.29) is 22.2 Å². The van der Waals surface area contributed by atoms with Gasteiger partial charge in [-0.05, 0) is 12.3 Å². The van der Waals surface area contributed by atoms with Gasteiger partial charge in [-0.1, -0.05) is 22.6 Å². The second-order valence-electron chi connectivity index (χ2n) is 8.03. The predicted octanol–water partition coefficient (Wildman–Crippen LogP) is 0.777. The summed E-state index contributed by atoms with van der Waals surface area (Å²) in [5.41, 5.74) is 7.41. The Bertz CT molecular complexity index is 1480. The Kier molecular flexibility index (Phi) is 6.83. The molecule has 4 N–H and O–H groups in total. The van der Waals surface area contributed by atoms with Gasteiger partial charge in [0.2, 0.25) is 0 Å². The smallest absolute Gasteiger partial charge is 0.352 e. The van der Waals surface area contributed by atoms with Gasteiger partial charge in [-0.25, -0.2) is 18.7 Å². The van der Waals surface area contributed by atoms with Crippen LogP contribution in [0.5, 0.6) is 0 Å². The van der Waals surface area contributed by atoms with Gasteiger partial charge in [0.25, 0.3) is 17.5 Å². The van der Waals surface area contributed by atoms with Gasteiger partial charge in [0.05, 0.1) is 10.4 Å². The maximum absolute atomic E-state index is 13.1. The molecule has 12 nitrogen and oxygen atoms in total. The molecule has 0 saturated carbocycles. The molecule has 0 bridgehead atoms. The zero-order valence-corrected chi connectivity index (χ0v) is 22.1. The molecule has 1 saturated heterocycles. The number of oxime groups is 1. The zero-order chi connectivity index (χ0) is 26.3. The summed E-state index contributed by atoms with van der Waals surface area (Å²) in [4.78, 5) is 48.8. The number of hydrogen-bond acceptors (Lipinski definition) is 10. The second-order valence-corrected chi connectivity index (χ2v) is 11.2. The fourth-order valence-electron chi connectivity index (χ4n) is 4.29. The largest absolute Gasteiger partial charge is 0.477 e. The molecular formula is C22H22N7O5S3+. The number of thiazole rings is 1. The maximum atomic E-state index is 13.1. The van der Waals surface area contributed by atoms with Gasteiger partial charge in [-0.2, -0.15) is 0 Å². The van der Waals surface area contributed by atoms with E-state index in [4.69, 9.17) is 10.6 Å². The number of pyridine rings is 1. The van der Waals surface area contributed by atoms with Crippen molar-refractivity contribution in [3.63, 3.8) is 0 Å². The van der Waals surface area contributed by atoms with Crippen molar-refractivity contribution in [3.8, 4) is 0 Å². The van der Waals surface area contributed by atoms with Gasteiger partial charge >= 0.3 is 5.97 Å². The SMILES string of the molecule is CO/N=C(\C(=O)N[C@@H]1C(=O)N2C(C(=O)O)=C(C[n+]3ccn4ccccc43)CS[C@H]12)c1nc(N)sc1SC. The summed E-state index contributed by atoms with van der Waals surface area (Å²) in [6.07, 6.45) is 7.47. The first kappa shape index (κ1) is 25.1. The first-order valence-electron chi connectivity index (χ1n) is 10.9. The van der Waals surface area contributed by atoms with Crippen LogP contribution in [-0.4, -0.2) is 73.4 Å². The molecule has 192 valence electrons. The number of anilines is 1. The molecule has 5 heterocycles. The number of nitrogens with one attached hydrogen (secondary N) is 1. The number of carboxylic acids is 1. The van der Waals surface area contributed by atoms with Crippen molar-refractivity contribution < 1.29 is 28.9 Å². The number of aliphatic carboxylic acids is 1. The number of nitrogens with zero attached hydrogens (tertiary/aromatic N) is 5. The van der Waals surface area contributed by atoms with Crippen LogP contribution in [0.4, 0.5) is 5.13 Å². The minimum absolute atomic E-state index is 0.0512. The van der Waals surface area contributed by atoms with Crippen molar-refractivity contribution in [1.29, 1.82) is 0 Å². The van der Waals surface area contributed by atoms with Gasteiger partial charge in [0.1, 0.15) is 48.9 Å². The van der Waals surface area contributed by atoms with Crippen LogP contribution in [0, 0.1) is 0 Å². The first-order chi connectivity index (χ1) is 17.8. The molecular weight excluding hydrogens is 538 g/mol. The predicted molar refractivity (Wildman–Crippen MR) is 139 cm³/mol. The summed E-state index contributed by atoms with van der Waals surface area (Å²) >= 11 is 3.96. The molecule has 0 radical (unpaired) electrons. The summed E-state index contributed by atoms with van der Waals surface area (Å²) in [5.74, 6) is -1.97. The van der Waals surface area contributed by atoms with E-state index in [1.54, 1.807) is 0 Å². The van der Waals surface area contributed by atoms with E-state index in [2.05, 4.69) is 15.5 Å². The number of amides is 2. The Balaban J connectivity index is 1.38. The molecule has 2 aliphatic heterocycles. The fourth-order valence-corrected chi connectivity index (χ4v) is 7.12. The average Bonchev–Trinajstić information content (AvgIpc) is 3.48. The van der Waals surface area contributed by atoms with E-state index >= 15 is 0 Å². The standard InChI is InChI=1S/C22H21N7O5S3/c1-34-26-13(14-21(35-2)37-22(23)25-14)17(30)24-15-18(31)29-16(20(32)33)11(10-36-19(15)29)9-28-8-7-27-6-4-3-5-12(27)28/h3-8,15,19H,9-10H2,1-2H3,(H3-,23,24,25,30,32,33)/p+1/b26-13-/t15-,19-/m1/s1. The zero-order valence-electron chi connectivity index (χ0n) is 19.7. The number of β-lactam (4-membered cyclic amide) rings is 1. The van der Waals surface area contributed by atoms with Crippen molar-refractivity contribution in [1.82, 2.24) is 19.6 Å². The summed E-state index contributed by atoms with van der Waals surface area (Å²) < 4.78 is 4.53. The van der Waals surface area contributed by atoms with Crippen LogP contribution in [0.15, 0.2) is 57.4 Å². The lowest BCUT2D eigenvalue weighted by Crippen LogP contribution is -2.71.